The van der Waals surface area contributed by atoms with Crippen molar-refractivity contribution in [2.24, 2.45) is 5.73 Å². The molecular formula is C25H28F2N4O4S. The summed E-state index contributed by atoms with van der Waals surface area (Å²) in [7, 11) is -3.82. The van der Waals surface area contributed by atoms with E-state index in [1.165, 1.54) is 4.31 Å². The molecule has 1 saturated carbocycles. The van der Waals surface area contributed by atoms with Gasteiger partial charge >= 0.3 is 5.76 Å². The van der Waals surface area contributed by atoms with Crippen molar-refractivity contribution in [3.05, 3.63) is 87.2 Å². The van der Waals surface area contributed by atoms with Gasteiger partial charge in [0.2, 0.25) is 15.9 Å². The minimum absolute atomic E-state index is 0.0290. The number of aromatic nitrogens is 2. The van der Waals surface area contributed by atoms with Crippen molar-refractivity contribution < 1.29 is 21.6 Å². The number of H-pyrrole nitrogens is 1. The summed E-state index contributed by atoms with van der Waals surface area (Å²) in [6.07, 6.45) is 1.44. The van der Waals surface area contributed by atoms with E-state index in [1.807, 2.05) is 6.07 Å². The van der Waals surface area contributed by atoms with Gasteiger partial charge in [0, 0.05) is 29.3 Å². The van der Waals surface area contributed by atoms with Gasteiger partial charge in [-0.15, -0.1) is 5.10 Å². The highest BCUT2D eigenvalue weighted by Gasteiger charge is 2.56. The zero-order valence-corrected chi connectivity index (χ0v) is 20.8. The highest BCUT2D eigenvalue weighted by Crippen LogP contribution is 2.53. The molecule has 2 aromatic carbocycles. The molecule has 192 valence electrons. The molecule has 8 nitrogen and oxygen atoms in total. The first-order chi connectivity index (χ1) is 16.9. The fourth-order valence-electron chi connectivity index (χ4n) is 5.81. The van der Waals surface area contributed by atoms with Crippen LogP contribution in [0, 0.1) is 11.6 Å². The van der Waals surface area contributed by atoms with Crippen LogP contribution in [0.1, 0.15) is 67.4 Å². The molecule has 1 aliphatic carbocycles. The van der Waals surface area contributed by atoms with Crippen LogP contribution in [-0.4, -0.2) is 34.5 Å². The maximum absolute atomic E-state index is 15.5. The van der Waals surface area contributed by atoms with Crippen molar-refractivity contribution in [2.75, 3.05) is 0 Å². The zero-order valence-electron chi connectivity index (χ0n) is 20.0. The monoisotopic (exact) mass is 518 g/mol. The van der Waals surface area contributed by atoms with Crippen molar-refractivity contribution in [3.8, 4) is 0 Å². The summed E-state index contributed by atoms with van der Waals surface area (Å²) in [6, 6.07) is 10.6. The van der Waals surface area contributed by atoms with E-state index in [4.69, 9.17) is 10.2 Å². The first-order valence-corrected chi connectivity index (χ1v) is 13.3. The number of hydrogen-bond donors (Lipinski definition) is 2. The lowest BCUT2D eigenvalue weighted by Gasteiger charge is -2.51. The molecule has 11 heteroatoms. The first-order valence-electron chi connectivity index (χ1n) is 11.8. The number of benzene rings is 2. The van der Waals surface area contributed by atoms with E-state index < -0.39 is 43.6 Å². The third-order valence-electron chi connectivity index (χ3n) is 7.43. The molecule has 0 bridgehead atoms. The summed E-state index contributed by atoms with van der Waals surface area (Å²) < 4.78 is 64.4. The summed E-state index contributed by atoms with van der Waals surface area (Å²) >= 11 is 0. The summed E-state index contributed by atoms with van der Waals surface area (Å²) in [5.74, 6) is -2.35. The Hall–Kier alpha value is -2.89. The molecule has 0 radical (unpaired) electrons. The lowest BCUT2D eigenvalue weighted by atomic mass is 9.55. The Morgan fingerprint density at radius 2 is 1.86 bits per heavy atom. The number of nitrogens with one attached hydrogen (secondary N) is 1. The van der Waals surface area contributed by atoms with Gasteiger partial charge in [0.1, 0.15) is 16.9 Å². The molecular weight excluding hydrogens is 490 g/mol. The molecule has 1 saturated heterocycles. The Bertz CT molecular complexity index is 1440. The van der Waals surface area contributed by atoms with Crippen molar-refractivity contribution in [1.82, 2.24) is 14.5 Å². The highest BCUT2D eigenvalue weighted by molar-refractivity contribution is 7.89. The van der Waals surface area contributed by atoms with Crippen LogP contribution >= 0.6 is 0 Å². The predicted octanol–water partition coefficient (Wildman–Crippen LogP) is 3.49. The van der Waals surface area contributed by atoms with E-state index in [9.17, 15) is 13.2 Å². The Balaban J connectivity index is 1.49. The van der Waals surface area contributed by atoms with Gasteiger partial charge in [0.05, 0.1) is 5.41 Å². The summed E-state index contributed by atoms with van der Waals surface area (Å²) in [5.41, 5.74) is 4.87. The summed E-state index contributed by atoms with van der Waals surface area (Å²) in [6.45, 7) is 3.24. The minimum Gasteiger partial charge on any atom is -0.391 e. The van der Waals surface area contributed by atoms with E-state index in [0.717, 1.165) is 12.1 Å². The summed E-state index contributed by atoms with van der Waals surface area (Å²) in [5, 5.41) is 5.29. The molecule has 1 aromatic heterocycles. The van der Waals surface area contributed by atoms with E-state index in [1.54, 1.807) is 38.1 Å². The van der Waals surface area contributed by atoms with Gasteiger partial charge in [0.15, 0.2) is 0 Å². The van der Waals surface area contributed by atoms with Crippen LogP contribution in [-0.2, 0) is 22.0 Å². The number of halogens is 2. The third-order valence-corrected chi connectivity index (χ3v) is 9.80. The largest absolute Gasteiger partial charge is 0.434 e. The average Bonchev–Trinajstić information content (AvgIpc) is 3.23. The average molecular weight is 519 g/mol. The smallest absolute Gasteiger partial charge is 0.391 e. The zero-order chi connectivity index (χ0) is 25.9. The Morgan fingerprint density at radius 3 is 2.47 bits per heavy atom. The summed E-state index contributed by atoms with van der Waals surface area (Å²) in [4.78, 5) is 11.6. The lowest BCUT2D eigenvalue weighted by Crippen LogP contribution is -2.59. The van der Waals surface area contributed by atoms with Gasteiger partial charge in [-0.2, -0.15) is 4.31 Å². The number of rotatable bonds is 5. The molecule has 0 spiro atoms. The third kappa shape index (κ3) is 4.08. The first kappa shape index (κ1) is 24.8. The van der Waals surface area contributed by atoms with Crippen molar-refractivity contribution >= 4 is 10.0 Å². The molecule has 3 aromatic rings. The number of sulfonamides is 1. The van der Waals surface area contributed by atoms with Crippen molar-refractivity contribution in [2.45, 2.75) is 68.3 Å². The molecule has 2 aliphatic rings. The molecule has 0 amide bonds. The second-order valence-corrected chi connectivity index (χ2v) is 12.4. The lowest BCUT2D eigenvalue weighted by molar-refractivity contribution is 0.121. The second-order valence-electron chi connectivity index (χ2n) is 10.3. The number of aromatic amines is 1. The highest BCUT2D eigenvalue weighted by atomic mass is 32.2. The SMILES string of the molecule is C[C@H]1CCC(c2ccccc2)S(=O)(=O)N1Cc1cc(F)c(C2(c3n[nH]c(=O)o3)CC(C)(N)C2)cc1F. The molecule has 1 aliphatic heterocycles. The van der Waals surface area contributed by atoms with Crippen LogP contribution in [0.2, 0.25) is 0 Å². The van der Waals surface area contributed by atoms with Crippen LogP contribution in [0.15, 0.2) is 51.7 Å². The number of hydrogen-bond acceptors (Lipinski definition) is 6. The molecule has 5 rings (SSSR count). The number of nitrogens with two attached hydrogens (primary N) is 1. The second kappa shape index (κ2) is 8.60. The van der Waals surface area contributed by atoms with Crippen LogP contribution in [0.3, 0.4) is 0 Å². The van der Waals surface area contributed by atoms with Crippen LogP contribution in [0.25, 0.3) is 0 Å². The van der Waals surface area contributed by atoms with E-state index >= 15 is 8.78 Å². The van der Waals surface area contributed by atoms with Gasteiger partial charge in [-0.05, 0) is 57.2 Å². The number of nitrogens with zero attached hydrogens (tertiary/aromatic N) is 2. The van der Waals surface area contributed by atoms with E-state index in [0.29, 0.717) is 18.4 Å². The standard InChI is InChI=1S/C25H28F2N4O4S/c1-15-8-9-21(16-6-4-3-5-7-16)36(33,34)31(15)12-17-10-20(27)18(11-19(17)26)25(13-24(2,28)14-25)22-29-30-23(32)35-22/h3-7,10-11,15,21H,8-9,12-14,28H2,1-2H3,(H,30,32)/t15-,21?,24?,25?/m0/s1. The maximum Gasteiger partial charge on any atom is 0.434 e. The molecule has 3 N–H and O–H groups in total. The molecule has 36 heavy (non-hydrogen) atoms. The normalized spacial score (nSPS) is 30.1. The fourth-order valence-corrected chi connectivity index (χ4v) is 8.00. The molecule has 2 heterocycles. The molecule has 2 atom stereocenters. The maximum atomic E-state index is 15.5. The van der Waals surface area contributed by atoms with Gasteiger partial charge in [-0.25, -0.2) is 27.1 Å². The molecule has 2 fully saturated rings. The van der Waals surface area contributed by atoms with Gasteiger partial charge < -0.3 is 10.2 Å². The van der Waals surface area contributed by atoms with Crippen LogP contribution in [0.5, 0.6) is 0 Å². The van der Waals surface area contributed by atoms with Crippen molar-refractivity contribution in [1.29, 1.82) is 0 Å². The van der Waals surface area contributed by atoms with Crippen molar-refractivity contribution in [3.63, 3.8) is 0 Å². The van der Waals surface area contributed by atoms with Gasteiger partial charge in [-0.3, -0.25) is 0 Å². The Labute approximate surface area is 207 Å². The quantitative estimate of drug-likeness (QED) is 0.533. The molecule has 1 unspecified atom stereocenters. The van der Waals surface area contributed by atoms with E-state index in [2.05, 4.69) is 10.2 Å². The Kier molecular flexibility index (Phi) is 5.92. The van der Waals surface area contributed by atoms with Gasteiger partial charge in [-0.1, -0.05) is 30.3 Å². The Morgan fingerprint density at radius 1 is 1.17 bits per heavy atom. The fraction of sp³-hybridized carbons (Fsp3) is 0.440. The van der Waals surface area contributed by atoms with Crippen LogP contribution < -0.4 is 11.5 Å². The minimum atomic E-state index is -3.82. The van der Waals surface area contributed by atoms with Crippen LogP contribution in [0.4, 0.5) is 8.78 Å². The predicted molar refractivity (Wildman–Crippen MR) is 128 cm³/mol. The van der Waals surface area contributed by atoms with Gasteiger partial charge in [0.25, 0.3) is 0 Å². The van der Waals surface area contributed by atoms with E-state index in [-0.39, 0.29) is 42.4 Å². The topological polar surface area (TPSA) is 122 Å².